The molecule has 0 aromatic heterocycles. The van der Waals surface area contributed by atoms with E-state index >= 15 is 0 Å². The highest BCUT2D eigenvalue weighted by Crippen LogP contribution is 2.28. The van der Waals surface area contributed by atoms with E-state index in [4.69, 9.17) is 9.47 Å². The summed E-state index contributed by atoms with van der Waals surface area (Å²) in [6.45, 7) is 0.414. The van der Waals surface area contributed by atoms with E-state index in [0.29, 0.717) is 23.7 Å². The zero-order valence-corrected chi connectivity index (χ0v) is 15.7. The molecule has 0 saturated carbocycles. The van der Waals surface area contributed by atoms with Crippen LogP contribution in [0.2, 0.25) is 0 Å². The van der Waals surface area contributed by atoms with E-state index in [1.165, 1.54) is 18.3 Å². The Bertz CT molecular complexity index is 1020. The number of hydrogen-bond acceptors (Lipinski definition) is 6. The van der Waals surface area contributed by atoms with Crippen LogP contribution >= 0.6 is 0 Å². The first kappa shape index (κ1) is 19.8. The number of benzene rings is 3. The second-order valence-electron chi connectivity index (χ2n) is 6.09. The Kier molecular flexibility index (Phi) is 6.32. The van der Waals surface area contributed by atoms with Crippen LogP contribution in [0.4, 0.5) is 0 Å². The molecule has 1 amide bonds. The Morgan fingerprint density at radius 3 is 2.55 bits per heavy atom. The molecule has 0 radical (unpaired) electrons. The molecule has 3 N–H and O–H groups in total. The highest BCUT2D eigenvalue weighted by atomic mass is 16.5. The molecule has 29 heavy (non-hydrogen) atoms. The largest absolute Gasteiger partial charge is 0.508 e. The van der Waals surface area contributed by atoms with Crippen LogP contribution < -0.4 is 14.9 Å². The minimum Gasteiger partial charge on any atom is -0.508 e. The van der Waals surface area contributed by atoms with Crippen molar-refractivity contribution in [3.63, 3.8) is 0 Å². The number of carbonyl (C=O) groups excluding carboxylic acids is 1. The number of phenolic OH excluding ortho intramolecular Hbond substituents is 2. The van der Waals surface area contributed by atoms with E-state index in [2.05, 4.69) is 10.5 Å². The Labute approximate surface area is 167 Å². The lowest BCUT2D eigenvalue weighted by atomic mass is 10.2. The maximum Gasteiger partial charge on any atom is 0.275 e. The lowest BCUT2D eigenvalue weighted by molar-refractivity contribution is 0.0952. The summed E-state index contributed by atoms with van der Waals surface area (Å²) in [5.74, 6) is 0.0518. The van der Waals surface area contributed by atoms with Crippen molar-refractivity contribution in [2.24, 2.45) is 5.10 Å². The summed E-state index contributed by atoms with van der Waals surface area (Å²) < 4.78 is 11.2. The second kappa shape index (κ2) is 9.27. The van der Waals surface area contributed by atoms with Gasteiger partial charge in [-0.05, 0) is 41.5 Å². The number of methoxy groups -OCH3 is 1. The summed E-state index contributed by atoms with van der Waals surface area (Å²) in [7, 11) is 1.54. The van der Waals surface area contributed by atoms with Crippen LogP contribution in [0.3, 0.4) is 0 Å². The van der Waals surface area contributed by atoms with Gasteiger partial charge >= 0.3 is 0 Å². The average molecular weight is 392 g/mol. The van der Waals surface area contributed by atoms with Crippen molar-refractivity contribution in [3.8, 4) is 23.0 Å². The molecule has 0 bridgehead atoms. The molecule has 0 spiro atoms. The molecule has 7 nitrogen and oxygen atoms in total. The minimum atomic E-state index is -0.603. The smallest absolute Gasteiger partial charge is 0.275 e. The summed E-state index contributed by atoms with van der Waals surface area (Å²) in [6, 6.07) is 18.7. The average Bonchev–Trinajstić information content (AvgIpc) is 2.73. The third-order valence-electron chi connectivity index (χ3n) is 4.03. The molecule has 0 saturated heterocycles. The predicted molar refractivity (Wildman–Crippen MR) is 109 cm³/mol. The van der Waals surface area contributed by atoms with Gasteiger partial charge in [0.15, 0.2) is 11.5 Å². The summed E-state index contributed by atoms with van der Waals surface area (Å²) in [4.78, 5) is 12.1. The van der Waals surface area contributed by atoms with E-state index < -0.39 is 5.91 Å². The van der Waals surface area contributed by atoms with Crippen LogP contribution in [0.15, 0.2) is 71.8 Å². The Hall–Kier alpha value is -4.00. The van der Waals surface area contributed by atoms with Gasteiger partial charge in [0.2, 0.25) is 0 Å². The van der Waals surface area contributed by atoms with Crippen molar-refractivity contribution in [2.75, 3.05) is 7.11 Å². The number of amides is 1. The van der Waals surface area contributed by atoms with Gasteiger partial charge in [0.05, 0.1) is 18.9 Å². The van der Waals surface area contributed by atoms with Crippen molar-refractivity contribution >= 4 is 12.1 Å². The number of nitrogens with one attached hydrogen (secondary N) is 1. The van der Waals surface area contributed by atoms with Gasteiger partial charge in [-0.25, -0.2) is 5.43 Å². The fourth-order valence-electron chi connectivity index (χ4n) is 2.56. The zero-order chi connectivity index (χ0) is 20.6. The SMILES string of the molecule is COc1cc(/C=N\NC(=O)c2ccc(O)cc2O)ccc1OCc1ccccc1. The molecule has 0 atom stereocenters. The van der Waals surface area contributed by atoms with Crippen LogP contribution in [0, 0.1) is 0 Å². The number of hydrogen-bond donors (Lipinski definition) is 3. The maximum absolute atomic E-state index is 12.1. The van der Waals surface area contributed by atoms with Crippen LogP contribution in [0.1, 0.15) is 21.5 Å². The Morgan fingerprint density at radius 1 is 1.03 bits per heavy atom. The minimum absolute atomic E-state index is 0.00203. The molecule has 0 heterocycles. The first-order chi connectivity index (χ1) is 14.1. The molecule has 0 unspecified atom stereocenters. The van der Waals surface area contributed by atoms with Gasteiger partial charge in [0, 0.05) is 6.07 Å². The third-order valence-corrected chi connectivity index (χ3v) is 4.03. The number of ether oxygens (including phenoxy) is 2. The number of carbonyl (C=O) groups is 1. The van der Waals surface area contributed by atoms with Crippen LogP contribution in [0.5, 0.6) is 23.0 Å². The second-order valence-corrected chi connectivity index (χ2v) is 6.09. The van der Waals surface area contributed by atoms with Crippen molar-refractivity contribution in [3.05, 3.63) is 83.4 Å². The molecule has 0 aliphatic carbocycles. The summed E-state index contributed by atoms with van der Waals surface area (Å²) in [6.07, 6.45) is 1.44. The molecule has 3 aromatic rings. The van der Waals surface area contributed by atoms with Crippen molar-refractivity contribution in [1.29, 1.82) is 0 Å². The molecule has 148 valence electrons. The van der Waals surface area contributed by atoms with E-state index in [0.717, 1.165) is 11.6 Å². The lowest BCUT2D eigenvalue weighted by Crippen LogP contribution is -2.17. The highest BCUT2D eigenvalue weighted by Gasteiger charge is 2.11. The summed E-state index contributed by atoms with van der Waals surface area (Å²) in [5, 5.41) is 22.9. The number of nitrogens with zero attached hydrogens (tertiary/aromatic N) is 1. The topological polar surface area (TPSA) is 100 Å². The highest BCUT2D eigenvalue weighted by molar-refractivity contribution is 5.97. The van der Waals surface area contributed by atoms with Gasteiger partial charge in [0.25, 0.3) is 5.91 Å². The van der Waals surface area contributed by atoms with Crippen molar-refractivity contribution in [2.45, 2.75) is 6.61 Å². The monoisotopic (exact) mass is 392 g/mol. The lowest BCUT2D eigenvalue weighted by Gasteiger charge is -2.11. The quantitative estimate of drug-likeness (QED) is 0.422. The number of phenols is 2. The fraction of sp³-hybridized carbons (Fsp3) is 0.0909. The normalized spacial score (nSPS) is 10.7. The summed E-state index contributed by atoms with van der Waals surface area (Å²) in [5.41, 5.74) is 4.05. The molecule has 3 aromatic carbocycles. The standard InChI is InChI=1S/C22H20N2O5/c1-28-21-11-16(7-10-20(21)29-14-15-5-3-2-4-6-15)13-23-24-22(27)18-9-8-17(25)12-19(18)26/h2-13,25-26H,14H2,1H3,(H,24,27)/b23-13-. The molecule has 7 heteroatoms. The zero-order valence-electron chi connectivity index (χ0n) is 15.7. The predicted octanol–water partition coefficient (Wildman–Crippen LogP) is 3.45. The van der Waals surface area contributed by atoms with Crippen LogP contribution in [-0.2, 0) is 6.61 Å². The van der Waals surface area contributed by atoms with E-state index in [1.54, 1.807) is 25.3 Å². The Balaban J connectivity index is 1.64. The van der Waals surface area contributed by atoms with Gasteiger partial charge in [-0.15, -0.1) is 0 Å². The van der Waals surface area contributed by atoms with Crippen LogP contribution in [0.25, 0.3) is 0 Å². The molecule has 3 rings (SSSR count). The molecular weight excluding hydrogens is 372 g/mol. The first-order valence-corrected chi connectivity index (χ1v) is 8.77. The van der Waals surface area contributed by atoms with E-state index in [-0.39, 0.29) is 17.1 Å². The maximum atomic E-state index is 12.1. The van der Waals surface area contributed by atoms with Crippen molar-refractivity contribution in [1.82, 2.24) is 5.43 Å². The van der Waals surface area contributed by atoms with Gasteiger partial charge in [-0.1, -0.05) is 30.3 Å². The summed E-state index contributed by atoms with van der Waals surface area (Å²) >= 11 is 0. The molecular formula is C22H20N2O5. The van der Waals surface area contributed by atoms with Gasteiger partial charge in [-0.3, -0.25) is 4.79 Å². The van der Waals surface area contributed by atoms with Crippen LogP contribution in [-0.4, -0.2) is 29.4 Å². The first-order valence-electron chi connectivity index (χ1n) is 8.77. The molecule has 0 aliphatic rings. The number of aromatic hydroxyl groups is 2. The molecule has 0 fully saturated rings. The Morgan fingerprint density at radius 2 is 1.83 bits per heavy atom. The fourth-order valence-corrected chi connectivity index (χ4v) is 2.56. The van der Waals surface area contributed by atoms with Gasteiger partial charge in [-0.2, -0.15) is 5.10 Å². The third kappa shape index (κ3) is 5.26. The molecule has 0 aliphatic heterocycles. The van der Waals surface area contributed by atoms with Gasteiger partial charge in [0.1, 0.15) is 18.1 Å². The van der Waals surface area contributed by atoms with Crippen molar-refractivity contribution < 1.29 is 24.5 Å². The number of rotatable bonds is 7. The van der Waals surface area contributed by atoms with Gasteiger partial charge < -0.3 is 19.7 Å². The number of hydrazone groups is 1. The van der Waals surface area contributed by atoms with E-state index in [9.17, 15) is 15.0 Å². The van der Waals surface area contributed by atoms with E-state index in [1.807, 2.05) is 30.3 Å².